The van der Waals surface area contributed by atoms with Crippen molar-refractivity contribution in [2.24, 2.45) is 5.73 Å². The molecule has 1 aromatic heterocycles. The molecule has 92 valence electrons. The summed E-state index contributed by atoms with van der Waals surface area (Å²) in [6, 6.07) is 12.5. The highest BCUT2D eigenvalue weighted by Gasteiger charge is 2.02. The number of nitrogen functional groups attached to an aromatic ring is 1. The molecule has 0 aliphatic carbocycles. The Labute approximate surface area is 110 Å². The van der Waals surface area contributed by atoms with Crippen molar-refractivity contribution < 1.29 is 4.74 Å². The van der Waals surface area contributed by atoms with Crippen molar-refractivity contribution in [1.82, 2.24) is 4.98 Å². The first-order chi connectivity index (χ1) is 8.65. The number of nitrogens with zero attached hydrogens (tertiary/aromatic N) is 1. The zero-order valence-corrected chi connectivity index (χ0v) is 10.3. The van der Waals surface area contributed by atoms with Gasteiger partial charge < -0.3 is 10.5 Å². The number of rotatable bonds is 4. The van der Waals surface area contributed by atoms with Crippen molar-refractivity contribution in [2.75, 3.05) is 0 Å². The Morgan fingerprint density at radius 2 is 2.06 bits per heavy atom. The van der Waals surface area contributed by atoms with Gasteiger partial charge in [0.15, 0.2) is 0 Å². The molecule has 0 saturated carbocycles. The lowest BCUT2D eigenvalue weighted by molar-refractivity contribution is 0.294. The van der Waals surface area contributed by atoms with Crippen LogP contribution in [0.25, 0.3) is 0 Å². The summed E-state index contributed by atoms with van der Waals surface area (Å²) in [5, 5.41) is 7.97. The van der Waals surface area contributed by atoms with Gasteiger partial charge in [0.2, 0.25) is 5.88 Å². The smallest absolute Gasteiger partial charge is 0.214 e. The fourth-order valence-corrected chi connectivity index (χ4v) is 1.64. The Morgan fingerprint density at radius 3 is 2.78 bits per heavy atom. The van der Waals surface area contributed by atoms with Gasteiger partial charge in [-0.2, -0.15) is 0 Å². The van der Waals surface area contributed by atoms with Gasteiger partial charge in [0.25, 0.3) is 0 Å². The van der Waals surface area contributed by atoms with Crippen LogP contribution in [0.3, 0.4) is 0 Å². The van der Waals surface area contributed by atoms with Crippen LogP contribution in [0.4, 0.5) is 0 Å². The topological polar surface area (TPSA) is 72.0 Å². The van der Waals surface area contributed by atoms with Crippen molar-refractivity contribution in [3.05, 3.63) is 58.7 Å². The summed E-state index contributed by atoms with van der Waals surface area (Å²) in [4.78, 5) is 4.11. The number of ether oxygens (including phenoxy) is 1. The molecular weight excluding hydrogens is 250 g/mol. The normalized spacial score (nSPS) is 10.1. The molecule has 0 aliphatic rings. The molecule has 0 fully saturated rings. The van der Waals surface area contributed by atoms with E-state index in [0.29, 0.717) is 23.2 Å². The van der Waals surface area contributed by atoms with Gasteiger partial charge in [-0.15, -0.1) is 0 Å². The van der Waals surface area contributed by atoms with Crippen LogP contribution in [0.1, 0.15) is 11.3 Å². The molecule has 0 radical (unpaired) electrons. The third-order valence-corrected chi connectivity index (χ3v) is 2.51. The van der Waals surface area contributed by atoms with E-state index >= 15 is 0 Å². The minimum absolute atomic E-state index is 0.0804. The maximum absolute atomic E-state index is 7.30. The molecule has 1 aromatic carbocycles. The van der Waals surface area contributed by atoms with Crippen molar-refractivity contribution >= 4 is 17.4 Å². The number of benzene rings is 1. The Hall–Kier alpha value is -2.07. The van der Waals surface area contributed by atoms with Crippen molar-refractivity contribution in [2.45, 2.75) is 6.61 Å². The second kappa shape index (κ2) is 5.51. The molecule has 0 spiro atoms. The Kier molecular flexibility index (Phi) is 3.79. The molecule has 3 N–H and O–H groups in total. The molecule has 18 heavy (non-hydrogen) atoms. The van der Waals surface area contributed by atoms with Crippen LogP contribution >= 0.6 is 11.6 Å². The van der Waals surface area contributed by atoms with E-state index in [-0.39, 0.29) is 5.84 Å². The van der Waals surface area contributed by atoms with E-state index in [1.54, 1.807) is 24.3 Å². The van der Waals surface area contributed by atoms with Crippen LogP contribution in [0.15, 0.2) is 42.5 Å². The van der Waals surface area contributed by atoms with E-state index in [0.717, 1.165) is 5.56 Å². The molecule has 0 bridgehead atoms. The molecule has 2 aromatic rings. The average Bonchev–Trinajstić information content (AvgIpc) is 2.37. The maximum atomic E-state index is 7.30. The van der Waals surface area contributed by atoms with E-state index in [2.05, 4.69) is 4.98 Å². The summed E-state index contributed by atoms with van der Waals surface area (Å²) >= 11 is 5.88. The lowest BCUT2D eigenvalue weighted by atomic mass is 10.2. The number of hydrogen-bond donors (Lipinski definition) is 2. The van der Waals surface area contributed by atoms with Crippen LogP contribution in [0.2, 0.25) is 5.02 Å². The summed E-state index contributed by atoms with van der Waals surface area (Å²) in [6.45, 7) is 0.370. The van der Waals surface area contributed by atoms with E-state index in [1.165, 1.54) is 0 Å². The highest BCUT2D eigenvalue weighted by Crippen LogP contribution is 2.14. The molecule has 4 nitrogen and oxygen atoms in total. The number of halogens is 1. The number of amidine groups is 1. The number of nitrogens with one attached hydrogen (secondary N) is 1. The first kappa shape index (κ1) is 12.4. The SMILES string of the molecule is N=C(N)c1cccc(OCc2cccc(Cl)c2)n1. The van der Waals surface area contributed by atoms with Crippen molar-refractivity contribution in [3.8, 4) is 5.88 Å². The molecule has 0 unspecified atom stereocenters. The minimum atomic E-state index is -0.0804. The Bertz CT molecular complexity index is 572. The Balaban J connectivity index is 2.06. The van der Waals surface area contributed by atoms with Crippen LogP contribution in [0.5, 0.6) is 5.88 Å². The first-order valence-corrected chi connectivity index (χ1v) is 5.71. The third kappa shape index (κ3) is 3.21. The van der Waals surface area contributed by atoms with E-state index in [9.17, 15) is 0 Å². The van der Waals surface area contributed by atoms with Crippen molar-refractivity contribution in [1.29, 1.82) is 5.41 Å². The van der Waals surface area contributed by atoms with E-state index in [1.807, 2.05) is 18.2 Å². The zero-order valence-electron chi connectivity index (χ0n) is 9.56. The molecule has 0 saturated heterocycles. The van der Waals surface area contributed by atoms with Gasteiger partial charge >= 0.3 is 0 Å². The lowest BCUT2D eigenvalue weighted by Crippen LogP contribution is -2.13. The maximum Gasteiger partial charge on any atom is 0.214 e. The first-order valence-electron chi connectivity index (χ1n) is 5.34. The standard InChI is InChI=1S/C13H12ClN3O/c14-10-4-1-3-9(7-10)8-18-12-6-2-5-11(17-12)13(15)16/h1-7H,8H2,(H3,15,16). The Morgan fingerprint density at radius 1 is 1.28 bits per heavy atom. The molecule has 2 rings (SSSR count). The average molecular weight is 262 g/mol. The monoisotopic (exact) mass is 261 g/mol. The lowest BCUT2D eigenvalue weighted by Gasteiger charge is -2.06. The fourth-order valence-electron chi connectivity index (χ4n) is 1.43. The fraction of sp³-hybridized carbons (Fsp3) is 0.0769. The number of pyridine rings is 1. The molecule has 5 heteroatoms. The molecular formula is C13H12ClN3O. The number of aromatic nitrogens is 1. The predicted octanol–water partition coefficient (Wildman–Crippen LogP) is 2.60. The van der Waals surface area contributed by atoms with Gasteiger partial charge in [-0.3, -0.25) is 5.41 Å². The summed E-state index contributed by atoms with van der Waals surface area (Å²) < 4.78 is 5.52. The predicted molar refractivity (Wildman–Crippen MR) is 71.0 cm³/mol. The zero-order chi connectivity index (χ0) is 13.0. The number of nitrogens with two attached hydrogens (primary N) is 1. The second-order valence-electron chi connectivity index (χ2n) is 3.69. The largest absolute Gasteiger partial charge is 0.473 e. The van der Waals surface area contributed by atoms with Gasteiger partial charge in [0.05, 0.1) is 0 Å². The van der Waals surface area contributed by atoms with Gasteiger partial charge in [0, 0.05) is 11.1 Å². The van der Waals surface area contributed by atoms with Crippen LogP contribution < -0.4 is 10.5 Å². The minimum Gasteiger partial charge on any atom is -0.473 e. The van der Waals surface area contributed by atoms with Gasteiger partial charge in [-0.25, -0.2) is 4.98 Å². The molecule has 0 aliphatic heterocycles. The highest BCUT2D eigenvalue weighted by atomic mass is 35.5. The highest BCUT2D eigenvalue weighted by molar-refractivity contribution is 6.30. The van der Waals surface area contributed by atoms with Crippen LogP contribution in [-0.4, -0.2) is 10.8 Å². The van der Waals surface area contributed by atoms with Gasteiger partial charge in [-0.05, 0) is 23.8 Å². The molecule has 0 atom stereocenters. The third-order valence-electron chi connectivity index (χ3n) is 2.28. The summed E-state index contributed by atoms with van der Waals surface area (Å²) in [5.41, 5.74) is 6.72. The molecule has 1 heterocycles. The van der Waals surface area contributed by atoms with Gasteiger partial charge in [0.1, 0.15) is 18.1 Å². The van der Waals surface area contributed by atoms with Crippen LogP contribution in [0, 0.1) is 5.41 Å². The summed E-state index contributed by atoms with van der Waals surface area (Å²) in [5.74, 6) is 0.353. The number of hydrogen-bond acceptors (Lipinski definition) is 3. The van der Waals surface area contributed by atoms with Crippen molar-refractivity contribution in [3.63, 3.8) is 0 Å². The summed E-state index contributed by atoms with van der Waals surface area (Å²) in [6.07, 6.45) is 0. The second-order valence-corrected chi connectivity index (χ2v) is 4.13. The van der Waals surface area contributed by atoms with E-state index in [4.69, 9.17) is 27.5 Å². The van der Waals surface area contributed by atoms with Crippen LogP contribution in [-0.2, 0) is 6.61 Å². The summed E-state index contributed by atoms with van der Waals surface area (Å²) in [7, 11) is 0. The van der Waals surface area contributed by atoms with E-state index < -0.39 is 0 Å². The molecule has 0 amide bonds. The van der Waals surface area contributed by atoms with Gasteiger partial charge in [-0.1, -0.05) is 29.8 Å². The quantitative estimate of drug-likeness (QED) is 0.656.